The molecule has 0 bridgehead atoms. The molecule has 0 spiro atoms. The number of benzene rings is 2. The average Bonchev–Trinajstić information content (AvgIpc) is 3.67. The number of aliphatic hydroxyl groups is 1. The second-order valence-electron chi connectivity index (χ2n) is 12.2. The second kappa shape index (κ2) is 13.7. The topological polar surface area (TPSA) is 126 Å². The molecule has 3 heterocycles. The van der Waals surface area contributed by atoms with Crippen LogP contribution in [0.15, 0.2) is 42.5 Å². The molecule has 0 aliphatic carbocycles. The number of amides is 3. The first-order valence-electron chi connectivity index (χ1n) is 14.8. The van der Waals surface area contributed by atoms with Crippen molar-refractivity contribution < 1.29 is 33.7 Å². The first kappa shape index (κ1) is 32.6. The van der Waals surface area contributed by atoms with Gasteiger partial charge < -0.3 is 34.9 Å². The van der Waals surface area contributed by atoms with E-state index >= 15 is 0 Å². The quantitative estimate of drug-likeness (QED) is 0.377. The molecular weight excluding hydrogens is 606 g/mol. The van der Waals surface area contributed by atoms with Crippen LogP contribution in [-0.2, 0) is 36.8 Å². The standard InChI is InChI=1S/C32H40ClN3O7S/c1-18-7-5-8-19(2)23(18)15-34-28(38)27-32(3,4)44-17-36(27)29(39)26(37)24(14-20-9-6-10-21(33)13-20)35-31(40)43-25-16-42-30-22(25)11-12-41-30/h5-10,13,22,24-27,30,37H,11-12,14-17H2,1-4H3,(H,34,38)(H,35,40)/t22-,24+,25-,26+,27-,30+/m1/s1. The van der Waals surface area contributed by atoms with Gasteiger partial charge in [-0.15, -0.1) is 11.8 Å². The normalized spacial score (nSPS) is 25.3. The van der Waals surface area contributed by atoms with E-state index in [0.717, 1.165) is 16.7 Å². The van der Waals surface area contributed by atoms with Gasteiger partial charge in [-0.25, -0.2) is 4.79 Å². The third-order valence-electron chi connectivity index (χ3n) is 8.69. The SMILES string of the molecule is Cc1cccc(C)c1CNC(=O)[C@H]1N(C(=O)[C@@H](O)[C@H](Cc2cccc(Cl)c2)NC(=O)O[C@@H]2CO[C@@H]3OCC[C@@H]32)CSC1(C)C. The van der Waals surface area contributed by atoms with E-state index in [0.29, 0.717) is 30.2 Å². The summed E-state index contributed by atoms with van der Waals surface area (Å²) in [7, 11) is 0. The van der Waals surface area contributed by atoms with Crippen molar-refractivity contribution in [3.63, 3.8) is 0 Å². The number of aryl methyl sites for hydroxylation is 2. The summed E-state index contributed by atoms with van der Waals surface area (Å²) in [6.07, 6.45) is -2.51. The fourth-order valence-corrected chi connectivity index (χ4v) is 7.54. The number of nitrogens with zero attached hydrogens (tertiary/aromatic N) is 1. The number of hydrogen-bond acceptors (Lipinski definition) is 8. The van der Waals surface area contributed by atoms with Crippen LogP contribution in [0.5, 0.6) is 0 Å². The van der Waals surface area contributed by atoms with Gasteiger partial charge in [-0.05, 0) is 74.9 Å². The van der Waals surface area contributed by atoms with E-state index in [-0.39, 0.29) is 30.7 Å². The van der Waals surface area contributed by atoms with Crippen LogP contribution < -0.4 is 10.6 Å². The van der Waals surface area contributed by atoms with Crippen LogP contribution in [0.25, 0.3) is 0 Å². The Morgan fingerprint density at radius 1 is 1.16 bits per heavy atom. The molecule has 3 aliphatic heterocycles. The molecule has 3 saturated heterocycles. The smallest absolute Gasteiger partial charge is 0.407 e. The Hall–Kier alpha value is -2.83. The number of carbonyl (C=O) groups excluding carboxylic acids is 3. The molecule has 0 aromatic heterocycles. The molecule has 3 aliphatic rings. The molecule has 3 N–H and O–H groups in total. The van der Waals surface area contributed by atoms with E-state index in [9.17, 15) is 19.5 Å². The number of nitrogens with one attached hydrogen (secondary N) is 2. The number of halogens is 1. The number of alkyl carbamates (subject to hydrolysis) is 1. The van der Waals surface area contributed by atoms with E-state index in [1.165, 1.54) is 16.7 Å². The van der Waals surface area contributed by atoms with Gasteiger partial charge in [-0.2, -0.15) is 0 Å². The molecule has 5 rings (SSSR count). The van der Waals surface area contributed by atoms with Crippen LogP contribution in [-0.4, -0.2) is 82.3 Å². The number of carbonyl (C=O) groups is 3. The minimum atomic E-state index is -1.66. The molecule has 238 valence electrons. The van der Waals surface area contributed by atoms with Crippen LogP contribution in [0, 0.1) is 19.8 Å². The summed E-state index contributed by atoms with van der Waals surface area (Å²) < 4.78 is 16.2. The lowest BCUT2D eigenvalue weighted by Gasteiger charge is -2.33. The van der Waals surface area contributed by atoms with Crippen molar-refractivity contribution in [2.75, 3.05) is 19.1 Å². The Bertz CT molecular complexity index is 1370. The summed E-state index contributed by atoms with van der Waals surface area (Å²) in [6, 6.07) is 11.0. The molecule has 3 fully saturated rings. The van der Waals surface area contributed by atoms with Crippen molar-refractivity contribution in [2.24, 2.45) is 5.92 Å². The Labute approximate surface area is 267 Å². The fourth-order valence-electron chi connectivity index (χ4n) is 6.18. The number of hydrogen-bond donors (Lipinski definition) is 3. The van der Waals surface area contributed by atoms with Crippen LogP contribution >= 0.6 is 23.4 Å². The Morgan fingerprint density at radius 2 is 1.89 bits per heavy atom. The molecule has 3 amide bonds. The zero-order chi connectivity index (χ0) is 31.6. The maximum atomic E-state index is 13.9. The Morgan fingerprint density at radius 3 is 2.61 bits per heavy atom. The number of rotatable bonds is 9. The molecular formula is C32H40ClN3O7S. The minimum absolute atomic E-state index is 0.0646. The maximum Gasteiger partial charge on any atom is 0.407 e. The monoisotopic (exact) mass is 645 g/mol. The molecule has 0 unspecified atom stereocenters. The first-order chi connectivity index (χ1) is 20.9. The van der Waals surface area contributed by atoms with Crippen molar-refractivity contribution in [2.45, 2.75) is 82.4 Å². The van der Waals surface area contributed by atoms with Gasteiger partial charge >= 0.3 is 6.09 Å². The summed E-state index contributed by atoms with van der Waals surface area (Å²) in [6.45, 7) is 8.86. The first-order valence-corrected chi connectivity index (χ1v) is 16.2. The minimum Gasteiger partial charge on any atom is -0.443 e. The van der Waals surface area contributed by atoms with E-state index in [1.807, 2.05) is 45.9 Å². The summed E-state index contributed by atoms with van der Waals surface area (Å²) >= 11 is 7.66. The van der Waals surface area contributed by atoms with Gasteiger partial charge in [0.2, 0.25) is 5.91 Å². The zero-order valence-corrected chi connectivity index (χ0v) is 27.0. The zero-order valence-electron chi connectivity index (χ0n) is 25.4. The van der Waals surface area contributed by atoms with Crippen LogP contribution in [0.2, 0.25) is 5.02 Å². The number of ether oxygens (including phenoxy) is 3. The van der Waals surface area contributed by atoms with Crippen molar-refractivity contribution in [3.05, 3.63) is 69.7 Å². The third kappa shape index (κ3) is 7.18. The van der Waals surface area contributed by atoms with Gasteiger partial charge in [0.1, 0.15) is 12.1 Å². The van der Waals surface area contributed by atoms with E-state index in [2.05, 4.69) is 10.6 Å². The van der Waals surface area contributed by atoms with Gasteiger partial charge in [-0.3, -0.25) is 9.59 Å². The molecule has 2 aromatic carbocycles. The summed E-state index contributed by atoms with van der Waals surface area (Å²) in [5.74, 6) is -0.820. The van der Waals surface area contributed by atoms with Gasteiger partial charge in [0, 0.05) is 16.3 Å². The lowest BCUT2D eigenvalue weighted by Crippen LogP contribution is -2.58. The average molecular weight is 646 g/mol. The number of fused-ring (bicyclic) bond motifs is 1. The molecule has 0 saturated carbocycles. The molecule has 12 heteroatoms. The lowest BCUT2D eigenvalue weighted by molar-refractivity contribution is -0.147. The fraction of sp³-hybridized carbons (Fsp3) is 0.531. The lowest BCUT2D eigenvalue weighted by atomic mass is 9.97. The van der Waals surface area contributed by atoms with Crippen molar-refractivity contribution in [3.8, 4) is 0 Å². The van der Waals surface area contributed by atoms with Gasteiger partial charge in [0.25, 0.3) is 5.91 Å². The summed E-state index contributed by atoms with van der Waals surface area (Å²) in [4.78, 5) is 42.1. The summed E-state index contributed by atoms with van der Waals surface area (Å²) in [5.41, 5.74) is 3.86. The van der Waals surface area contributed by atoms with E-state index < -0.39 is 47.3 Å². The van der Waals surface area contributed by atoms with Crippen molar-refractivity contribution in [1.82, 2.24) is 15.5 Å². The highest BCUT2D eigenvalue weighted by Gasteiger charge is 2.50. The van der Waals surface area contributed by atoms with Crippen molar-refractivity contribution in [1.29, 1.82) is 0 Å². The molecule has 10 nitrogen and oxygen atoms in total. The van der Waals surface area contributed by atoms with E-state index in [4.69, 9.17) is 25.8 Å². The predicted molar refractivity (Wildman–Crippen MR) is 167 cm³/mol. The highest BCUT2D eigenvalue weighted by Crippen LogP contribution is 2.40. The predicted octanol–water partition coefficient (Wildman–Crippen LogP) is 3.71. The van der Waals surface area contributed by atoms with Crippen LogP contribution in [0.3, 0.4) is 0 Å². The Kier molecular flexibility index (Phi) is 10.1. The highest BCUT2D eigenvalue weighted by molar-refractivity contribution is 8.00. The largest absolute Gasteiger partial charge is 0.443 e. The van der Waals surface area contributed by atoms with E-state index in [1.54, 1.807) is 24.3 Å². The highest BCUT2D eigenvalue weighted by atomic mass is 35.5. The third-order valence-corrected chi connectivity index (χ3v) is 10.3. The van der Waals surface area contributed by atoms with Gasteiger partial charge in [0.15, 0.2) is 12.4 Å². The van der Waals surface area contributed by atoms with Gasteiger partial charge in [-0.1, -0.05) is 41.9 Å². The second-order valence-corrected chi connectivity index (χ2v) is 14.2. The molecule has 6 atom stereocenters. The molecule has 0 radical (unpaired) electrons. The molecule has 2 aromatic rings. The van der Waals surface area contributed by atoms with Crippen LogP contribution in [0.1, 0.15) is 42.5 Å². The van der Waals surface area contributed by atoms with Crippen LogP contribution in [0.4, 0.5) is 4.79 Å². The van der Waals surface area contributed by atoms with Crippen molar-refractivity contribution >= 4 is 41.3 Å². The number of aliphatic hydroxyl groups excluding tert-OH is 1. The Balaban J connectivity index is 1.31. The molecule has 44 heavy (non-hydrogen) atoms. The number of thioether (sulfide) groups is 1. The summed E-state index contributed by atoms with van der Waals surface area (Å²) in [5, 5.41) is 17.7. The van der Waals surface area contributed by atoms with Gasteiger partial charge in [0.05, 0.1) is 31.1 Å². The maximum absolute atomic E-state index is 13.9.